The van der Waals surface area contributed by atoms with E-state index in [2.05, 4.69) is 10.6 Å². The Labute approximate surface area is 140 Å². The molecule has 6 heteroatoms. The van der Waals surface area contributed by atoms with Crippen LogP contribution in [0, 0.1) is 5.82 Å². The lowest BCUT2D eigenvalue weighted by Gasteiger charge is -2.37. The second-order valence-corrected chi connectivity index (χ2v) is 7.13. The zero-order valence-corrected chi connectivity index (χ0v) is 13.6. The van der Waals surface area contributed by atoms with E-state index in [1.807, 2.05) is 0 Å². The van der Waals surface area contributed by atoms with Crippen LogP contribution in [0.3, 0.4) is 0 Å². The second-order valence-electron chi connectivity index (χ2n) is 7.13. The first kappa shape index (κ1) is 15.8. The number of anilines is 1. The van der Waals surface area contributed by atoms with E-state index in [0.717, 1.165) is 38.7 Å². The van der Waals surface area contributed by atoms with Gasteiger partial charge in [0, 0.05) is 31.4 Å². The smallest absolute Gasteiger partial charge is 0.319 e. The van der Waals surface area contributed by atoms with E-state index < -0.39 is 0 Å². The third-order valence-corrected chi connectivity index (χ3v) is 5.17. The third kappa shape index (κ3) is 3.39. The van der Waals surface area contributed by atoms with Crippen LogP contribution in [0.1, 0.15) is 43.6 Å². The van der Waals surface area contributed by atoms with Gasteiger partial charge >= 0.3 is 6.03 Å². The second kappa shape index (κ2) is 6.33. The van der Waals surface area contributed by atoms with Gasteiger partial charge in [0.25, 0.3) is 0 Å². The van der Waals surface area contributed by atoms with Gasteiger partial charge in [-0.15, -0.1) is 0 Å². The zero-order valence-electron chi connectivity index (χ0n) is 13.6. The van der Waals surface area contributed by atoms with Crippen LogP contribution in [0.25, 0.3) is 0 Å². The number of halogens is 1. The molecule has 1 aromatic carbocycles. The number of nitrogens with one attached hydrogen (secondary N) is 2. The molecule has 2 N–H and O–H groups in total. The van der Waals surface area contributed by atoms with Crippen LogP contribution in [-0.2, 0) is 9.47 Å². The summed E-state index contributed by atoms with van der Waals surface area (Å²) >= 11 is 0. The van der Waals surface area contributed by atoms with Crippen LogP contribution in [-0.4, -0.2) is 37.5 Å². The minimum Gasteiger partial charge on any atom is -0.378 e. The average Bonchev–Trinajstić information content (AvgIpc) is 3.31. The van der Waals surface area contributed by atoms with Crippen molar-refractivity contribution in [2.24, 2.45) is 0 Å². The normalized spacial score (nSPS) is 29.6. The first-order valence-electron chi connectivity index (χ1n) is 8.72. The molecule has 1 aliphatic carbocycles. The SMILES string of the molecule is O=C(Nc1ccc(F)c(C2CC2)c1)N[C@@H]1CCO[C@@]2(CCOC2)C1. The quantitative estimate of drug-likeness (QED) is 0.893. The fourth-order valence-corrected chi connectivity index (χ4v) is 3.70. The number of benzene rings is 1. The maximum absolute atomic E-state index is 13.8. The van der Waals surface area contributed by atoms with Crippen LogP contribution in [0.5, 0.6) is 0 Å². The van der Waals surface area contributed by atoms with Gasteiger partial charge in [-0.25, -0.2) is 9.18 Å². The molecule has 1 aromatic rings. The van der Waals surface area contributed by atoms with Crippen molar-refractivity contribution in [2.75, 3.05) is 25.1 Å². The summed E-state index contributed by atoms with van der Waals surface area (Å²) < 4.78 is 25.1. The Hall–Kier alpha value is -1.66. The summed E-state index contributed by atoms with van der Waals surface area (Å²) in [6.07, 6.45) is 4.51. The van der Waals surface area contributed by atoms with E-state index in [1.165, 1.54) is 6.07 Å². The van der Waals surface area contributed by atoms with Gasteiger partial charge in [-0.1, -0.05) is 0 Å². The summed E-state index contributed by atoms with van der Waals surface area (Å²) in [6.45, 7) is 1.96. The Morgan fingerprint density at radius 3 is 2.88 bits per heavy atom. The molecule has 1 spiro atoms. The lowest BCUT2D eigenvalue weighted by molar-refractivity contribution is -0.0877. The van der Waals surface area contributed by atoms with E-state index in [-0.39, 0.29) is 23.5 Å². The van der Waals surface area contributed by atoms with Crippen molar-refractivity contribution < 1.29 is 18.7 Å². The maximum atomic E-state index is 13.8. The van der Waals surface area contributed by atoms with Gasteiger partial charge in [-0.2, -0.15) is 0 Å². The Morgan fingerprint density at radius 2 is 2.12 bits per heavy atom. The standard InChI is InChI=1S/C18H23FN2O3/c19-16-4-3-13(9-15(16)12-1-2-12)20-17(22)21-14-5-7-24-18(10-14)6-8-23-11-18/h3-4,9,12,14H,1-2,5-8,10-11H2,(H2,20,21,22)/t14-,18+/m1/s1. The maximum Gasteiger partial charge on any atom is 0.319 e. The molecule has 2 amide bonds. The molecule has 0 radical (unpaired) electrons. The van der Waals surface area contributed by atoms with Crippen LogP contribution >= 0.6 is 0 Å². The van der Waals surface area contributed by atoms with E-state index in [4.69, 9.17) is 9.47 Å². The number of ether oxygens (including phenoxy) is 2. The van der Waals surface area contributed by atoms with Crippen LogP contribution in [0.4, 0.5) is 14.9 Å². The number of amides is 2. The first-order valence-corrected chi connectivity index (χ1v) is 8.72. The number of hydrogen-bond donors (Lipinski definition) is 2. The zero-order chi connectivity index (χ0) is 16.6. The molecule has 2 heterocycles. The molecular formula is C18H23FN2O3. The number of hydrogen-bond acceptors (Lipinski definition) is 3. The molecule has 24 heavy (non-hydrogen) atoms. The average molecular weight is 334 g/mol. The molecule has 3 fully saturated rings. The van der Waals surface area contributed by atoms with E-state index in [1.54, 1.807) is 12.1 Å². The van der Waals surface area contributed by atoms with E-state index in [9.17, 15) is 9.18 Å². The van der Waals surface area contributed by atoms with Gasteiger partial charge in [0.2, 0.25) is 0 Å². The molecule has 0 unspecified atom stereocenters. The van der Waals surface area contributed by atoms with Crippen LogP contribution in [0.2, 0.25) is 0 Å². The van der Waals surface area contributed by atoms with Crippen molar-refractivity contribution in [3.05, 3.63) is 29.6 Å². The van der Waals surface area contributed by atoms with E-state index in [0.29, 0.717) is 30.4 Å². The summed E-state index contributed by atoms with van der Waals surface area (Å²) in [4.78, 5) is 12.3. The molecule has 0 aromatic heterocycles. The van der Waals surface area contributed by atoms with Crippen LogP contribution in [0.15, 0.2) is 18.2 Å². The summed E-state index contributed by atoms with van der Waals surface area (Å²) in [6, 6.07) is 4.62. The minimum atomic E-state index is -0.246. The predicted molar refractivity (Wildman–Crippen MR) is 87.7 cm³/mol. The fraction of sp³-hybridized carbons (Fsp3) is 0.611. The summed E-state index contributed by atoms with van der Waals surface area (Å²) in [5.41, 5.74) is 1.12. The third-order valence-electron chi connectivity index (χ3n) is 5.17. The molecule has 1 saturated carbocycles. The molecule has 0 bridgehead atoms. The number of carbonyl (C=O) groups is 1. The number of carbonyl (C=O) groups excluding carboxylic acids is 1. The van der Waals surface area contributed by atoms with Crippen molar-refractivity contribution in [2.45, 2.75) is 49.7 Å². The highest BCUT2D eigenvalue weighted by Crippen LogP contribution is 2.42. The lowest BCUT2D eigenvalue weighted by atomic mass is 9.90. The van der Waals surface area contributed by atoms with Gasteiger partial charge in [0.05, 0.1) is 12.2 Å². The van der Waals surface area contributed by atoms with Gasteiger partial charge < -0.3 is 20.1 Å². The highest BCUT2D eigenvalue weighted by Gasteiger charge is 2.41. The highest BCUT2D eigenvalue weighted by molar-refractivity contribution is 5.89. The molecule has 3 aliphatic rings. The van der Waals surface area contributed by atoms with Crippen molar-refractivity contribution in [1.82, 2.24) is 5.32 Å². The Kier molecular flexibility index (Phi) is 4.18. The molecule has 2 saturated heterocycles. The first-order chi connectivity index (χ1) is 11.6. The van der Waals surface area contributed by atoms with Crippen molar-refractivity contribution >= 4 is 11.7 Å². The summed E-state index contributed by atoms with van der Waals surface area (Å²) in [5.74, 6) is 0.128. The van der Waals surface area contributed by atoms with Gasteiger partial charge in [0.15, 0.2) is 0 Å². The summed E-state index contributed by atoms with van der Waals surface area (Å²) in [5, 5.41) is 5.85. The molecule has 2 aliphatic heterocycles. The number of urea groups is 1. The van der Waals surface area contributed by atoms with Gasteiger partial charge in [0.1, 0.15) is 5.82 Å². The highest BCUT2D eigenvalue weighted by atomic mass is 19.1. The monoisotopic (exact) mass is 334 g/mol. The number of rotatable bonds is 3. The van der Waals surface area contributed by atoms with Gasteiger partial charge in [-0.3, -0.25) is 0 Å². The molecular weight excluding hydrogens is 311 g/mol. The lowest BCUT2D eigenvalue weighted by Crippen LogP contribution is -2.49. The minimum absolute atomic E-state index is 0.0730. The molecule has 2 atom stereocenters. The van der Waals surface area contributed by atoms with E-state index >= 15 is 0 Å². The van der Waals surface area contributed by atoms with Crippen molar-refractivity contribution in [3.8, 4) is 0 Å². The van der Waals surface area contributed by atoms with Crippen LogP contribution < -0.4 is 10.6 Å². The Balaban J connectivity index is 1.35. The molecule has 5 nitrogen and oxygen atoms in total. The predicted octanol–water partition coefficient (Wildman–Crippen LogP) is 3.16. The largest absolute Gasteiger partial charge is 0.378 e. The summed E-state index contributed by atoms with van der Waals surface area (Å²) in [7, 11) is 0. The Bertz CT molecular complexity index is 627. The molecule has 4 rings (SSSR count). The Morgan fingerprint density at radius 1 is 1.25 bits per heavy atom. The van der Waals surface area contributed by atoms with Gasteiger partial charge in [-0.05, 0) is 55.4 Å². The topological polar surface area (TPSA) is 59.6 Å². The van der Waals surface area contributed by atoms with Crippen molar-refractivity contribution in [3.63, 3.8) is 0 Å². The molecule has 130 valence electrons. The van der Waals surface area contributed by atoms with Crippen molar-refractivity contribution in [1.29, 1.82) is 0 Å². The fourth-order valence-electron chi connectivity index (χ4n) is 3.70.